The van der Waals surface area contributed by atoms with E-state index in [1.54, 1.807) is 0 Å². The second-order valence-corrected chi connectivity index (χ2v) is 8.17. The molecule has 0 spiro atoms. The molecular weight excluding hydrogens is 316 g/mol. The Bertz CT molecular complexity index is 510. The van der Waals surface area contributed by atoms with Gasteiger partial charge in [0.25, 0.3) is 0 Å². The van der Waals surface area contributed by atoms with Crippen LogP contribution in [0.5, 0.6) is 0 Å². The van der Waals surface area contributed by atoms with E-state index in [1.807, 2.05) is 0 Å². The van der Waals surface area contributed by atoms with Crippen LogP contribution in [0, 0.1) is 17.8 Å². The Labute approximate surface area is 119 Å². The molecule has 0 unspecified atom stereocenters. The second kappa shape index (κ2) is 4.32. The van der Waals surface area contributed by atoms with E-state index in [1.165, 1.54) is 0 Å². The molecule has 21 heavy (non-hydrogen) atoms. The van der Waals surface area contributed by atoms with Gasteiger partial charge in [-0.1, -0.05) is 0 Å². The van der Waals surface area contributed by atoms with Gasteiger partial charge in [-0.3, -0.25) is 4.55 Å². The summed E-state index contributed by atoms with van der Waals surface area (Å²) < 4.78 is 87.8. The van der Waals surface area contributed by atoms with Crippen molar-refractivity contribution >= 4 is 10.1 Å². The molecule has 1 N–H and O–H groups in total. The summed E-state index contributed by atoms with van der Waals surface area (Å²) in [4.78, 5) is 0. The van der Waals surface area contributed by atoms with Crippen LogP contribution < -0.4 is 0 Å². The fraction of sp³-hybridized carbons (Fsp3) is 1.00. The summed E-state index contributed by atoms with van der Waals surface area (Å²) in [5, 5.41) is -5.65. The standard InChI is InChI=1S/C12H16F4O4S/c13-11(14,12(15,16)21(17,18)19)20-10-4-7-1-8(5-10)3-9(2-7)6-10/h7-9H,1-6H2,(H,17,18,19). The lowest BCUT2D eigenvalue weighted by Gasteiger charge is -2.56. The smallest absolute Gasteiger partial charge is 0.308 e. The largest absolute Gasteiger partial charge is 0.459 e. The molecule has 4 saturated carbocycles. The number of rotatable bonds is 4. The van der Waals surface area contributed by atoms with E-state index >= 15 is 0 Å². The molecule has 0 atom stereocenters. The predicted molar refractivity (Wildman–Crippen MR) is 63.4 cm³/mol. The number of ether oxygens (including phenoxy) is 1. The zero-order valence-electron chi connectivity index (χ0n) is 11.1. The van der Waals surface area contributed by atoms with E-state index in [0.717, 1.165) is 19.3 Å². The maximum absolute atomic E-state index is 13.7. The highest BCUT2D eigenvalue weighted by Crippen LogP contribution is 2.59. The van der Waals surface area contributed by atoms with Crippen LogP contribution in [0.4, 0.5) is 17.6 Å². The van der Waals surface area contributed by atoms with Gasteiger partial charge in [-0.2, -0.15) is 26.0 Å². The van der Waals surface area contributed by atoms with Crippen molar-refractivity contribution in [3.63, 3.8) is 0 Å². The zero-order valence-corrected chi connectivity index (χ0v) is 11.9. The molecule has 9 heteroatoms. The van der Waals surface area contributed by atoms with Gasteiger partial charge in [0.05, 0.1) is 5.60 Å². The highest BCUT2D eigenvalue weighted by Gasteiger charge is 2.70. The summed E-state index contributed by atoms with van der Waals surface area (Å²) in [6.07, 6.45) is -1.83. The number of alkyl halides is 4. The maximum Gasteiger partial charge on any atom is 0.459 e. The Kier molecular flexibility index (Phi) is 3.18. The van der Waals surface area contributed by atoms with Crippen LogP contribution in [0.15, 0.2) is 0 Å². The summed E-state index contributed by atoms with van der Waals surface area (Å²) in [6, 6.07) is 0. The molecule has 0 saturated heterocycles. The fourth-order valence-corrected chi connectivity index (χ4v) is 4.98. The van der Waals surface area contributed by atoms with Gasteiger partial charge in [-0.25, -0.2) is 0 Å². The first-order valence-corrected chi connectivity index (χ1v) is 8.31. The van der Waals surface area contributed by atoms with Gasteiger partial charge in [0.2, 0.25) is 0 Å². The first-order valence-electron chi connectivity index (χ1n) is 6.87. The summed E-state index contributed by atoms with van der Waals surface area (Å²) in [6.45, 7) is 0. The Morgan fingerprint density at radius 2 is 1.33 bits per heavy atom. The quantitative estimate of drug-likeness (QED) is 0.635. The lowest BCUT2D eigenvalue weighted by atomic mass is 9.54. The van der Waals surface area contributed by atoms with Gasteiger partial charge < -0.3 is 4.74 Å². The van der Waals surface area contributed by atoms with E-state index in [4.69, 9.17) is 4.55 Å². The van der Waals surface area contributed by atoms with Gasteiger partial charge in [-0.15, -0.1) is 0 Å². The molecule has 0 aromatic rings. The third-order valence-electron chi connectivity index (χ3n) is 4.99. The average Bonchev–Trinajstić information content (AvgIpc) is 2.22. The van der Waals surface area contributed by atoms with Gasteiger partial charge in [0, 0.05) is 0 Å². The van der Waals surface area contributed by atoms with Crippen LogP contribution in [0.1, 0.15) is 38.5 Å². The lowest BCUT2D eigenvalue weighted by Crippen LogP contribution is -2.59. The van der Waals surface area contributed by atoms with Crippen LogP contribution in [0.25, 0.3) is 0 Å². The first-order chi connectivity index (χ1) is 9.44. The normalized spacial score (nSPS) is 39.8. The van der Waals surface area contributed by atoms with Crippen LogP contribution in [-0.2, 0) is 14.9 Å². The fourth-order valence-electron chi connectivity index (χ4n) is 4.64. The van der Waals surface area contributed by atoms with Crippen molar-refractivity contribution in [2.24, 2.45) is 17.8 Å². The summed E-state index contributed by atoms with van der Waals surface area (Å²) in [7, 11) is -6.25. The van der Waals surface area contributed by atoms with Crippen molar-refractivity contribution in [2.75, 3.05) is 0 Å². The van der Waals surface area contributed by atoms with Crippen LogP contribution in [0.2, 0.25) is 0 Å². The molecule has 4 fully saturated rings. The van der Waals surface area contributed by atoms with Gasteiger partial charge in [0.1, 0.15) is 0 Å². The molecule has 0 amide bonds. The molecule has 0 aliphatic heterocycles. The van der Waals surface area contributed by atoms with Gasteiger partial charge in [-0.05, 0) is 56.3 Å². The molecule has 0 aromatic heterocycles. The number of hydrogen-bond acceptors (Lipinski definition) is 3. The number of hydrogen-bond donors (Lipinski definition) is 1. The molecule has 4 rings (SSSR count). The Morgan fingerprint density at radius 1 is 0.952 bits per heavy atom. The van der Waals surface area contributed by atoms with Gasteiger partial charge in [0.15, 0.2) is 0 Å². The SMILES string of the molecule is O=S(=O)(O)C(F)(F)C(F)(F)OC12CC3CC(CC(C3)C1)C2. The number of halogens is 4. The average molecular weight is 332 g/mol. The molecule has 4 aliphatic rings. The van der Waals surface area contributed by atoms with Crippen LogP contribution in [-0.4, -0.2) is 29.9 Å². The van der Waals surface area contributed by atoms with Crippen molar-refractivity contribution in [3.8, 4) is 0 Å². The van der Waals surface area contributed by atoms with Crippen LogP contribution >= 0.6 is 0 Å². The summed E-state index contributed by atoms with van der Waals surface area (Å²) in [5.74, 6) is 0.518. The topological polar surface area (TPSA) is 63.6 Å². The highest BCUT2D eigenvalue weighted by atomic mass is 32.2. The summed E-state index contributed by atoms with van der Waals surface area (Å²) in [5.41, 5.74) is -1.40. The van der Waals surface area contributed by atoms with Gasteiger partial charge >= 0.3 is 21.5 Å². The molecule has 0 aromatic carbocycles. The molecule has 0 heterocycles. The Hall–Kier alpha value is -0.410. The van der Waals surface area contributed by atoms with E-state index in [-0.39, 0.29) is 37.0 Å². The molecular formula is C12H16F4O4S. The maximum atomic E-state index is 13.7. The van der Waals surface area contributed by atoms with Crippen molar-refractivity contribution in [3.05, 3.63) is 0 Å². The molecule has 0 radical (unpaired) electrons. The van der Waals surface area contributed by atoms with Crippen LogP contribution in [0.3, 0.4) is 0 Å². The molecule has 122 valence electrons. The minimum Gasteiger partial charge on any atom is -0.308 e. The zero-order chi connectivity index (χ0) is 15.7. The second-order valence-electron chi connectivity index (χ2n) is 6.71. The highest BCUT2D eigenvalue weighted by molar-refractivity contribution is 7.86. The third kappa shape index (κ3) is 2.37. The van der Waals surface area contributed by atoms with Crippen molar-refractivity contribution in [1.82, 2.24) is 0 Å². The molecule has 4 aliphatic carbocycles. The first kappa shape index (κ1) is 15.5. The van der Waals surface area contributed by atoms with Crippen molar-refractivity contribution in [1.29, 1.82) is 0 Å². The van der Waals surface area contributed by atoms with E-state index in [2.05, 4.69) is 4.74 Å². The minimum atomic E-state index is -6.25. The van der Waals surface area contributed by atoms with E-state index in [0.29, 0.717) is 0 Å². The molecule has 4 nitrogen and oxygen atoms in total. The summed E-state index contributed by atoms with van der Waals surface area (Å²) >= 11 is 0. The van der Waals surface area contributed by atoms with Crippen molar-refractivity contribution < 1.29 is 35.3 Å². The van der Waals surface area contributed by atoms with E-state index < -0.39 is 27.1 Å². The van der Waals surface area contributed by atoms with E-state index in [9.17, 15) is 26.0 Å². The predicted octanol–water partition coefficient (Wildman–Crippen LogP) is 3.05. The Morgan fingerprint density at radius 3 is 1.67 bits per heavy atom. The minimum absolute atomic E-state index is 0.173. The van der Waals surface area contributed by atoms with Crippen molar-refractivity contribution in [2.45, 2.75) is 55.5 Å². The third-order valence-corrected chi connectivity index (χ3v) is 5.88. The monoisotopic (exact) mass is 332 g/mol. The molecule has 4 bridgehead atoms. The lowest BCUT2D eigenvalue weighted by molar-refractivity contribution is -0.375. The Balaban J connectivity index is 1.86.